The smallest absolute Gasteiger partial charge is 0.194 e. The number of halogens is 4. The number of benzene rings is 3. The van der Waals surface area contributed by atoms with E-state index in [4.69, 9.17) is 11.6 Å². The lowest BCUT2D eigenvalue weighted by Crippen LogP contribution is -2.05. The third-order valence-electron chi connectivity index (χ3n) is 3.87. The van der Waals surface area contributed by atoms with Crippen molar-refractivity contribution >= 4 is 51.3 Å². The molecule has 0 aliphatic heterocycles. The fraction of sp³-hybridized carbons (Fsp3) is 0.0500. The van der Waals surface area contributed by atoms with Crippen molar-refractivity contribution in [2.75, 3.05) is 5.32 Å². The minimum atomic E-state index is -0.712. The molecule has 0 aliphatic rings. The topological polar surface area (TPSA) is 29.1 Å². The number of ketones is 1. The van der Waals surface area contributed by atoms with Gasteiger partial charge in [-0.2, -0.15) is 0 Å². The van der Waals surface area contributed by atoms with Crippen LogP contribution in [-0.4, -0.2) is 5.78 Å². The summed E-state index contributed by atoms with van der Waals surface area (Å²) in [5.74, 6) is -1.54. The van der Waals surface area contributed by atoms with Gasteiger partial charge in [-0.1, -0.05) is 17.7 Å². The number of hydrogen-bond donors (Lipinski definition) is 1. The zero-order valence-electron chi connectivity index (χ0n) is 13.6. The van der Waals surface area contributed by atoms with Gasteiger partial charge in [0, 0.05) is 26.5 Å². The lowest BCUT2D eigenvalue weighted by atomic mass is 9.99. The average molecular weight is 484 g/mol. The number of carbonyl (C=O) groups is 1. The van der Waals surface area contributed by atoms with Gasteiger partial charge in [0.05, 0.1) is 10.7 Å². The molecule has 6 heteroatoms. The molecule has 0 radical (unpaired) electrons. The van der Waals surface area contributed by atoms with E-state index in [2.05, 4.69) is 27.9 Å². The van der Waals surface area contributed by atoms with Crippen molar-refractivity contribution in [3.05, 3.63) is 91.5 Å². The average Bonchev–Trinajstić information content (AvgIpc) is 2.59. The van der Waals surface area contributed by atoms with Crippen LogP contribution < -0.4 is 5.32 Å². The maximum atomic E-state index is 13.8. The highest BCUT2D eigenvalue weighted by Crippen LogP contribution is 2.28. The van der Waals surface area contributed by atoms with Crippen LogP contribution in [0.1, 0.15) is 21.5 Å². The highest BCUT2D eigenvalue weighted by Gasteiger charge is 2.16. The lowest BCUT2D eigenvalue weighted by Gasteiger charge is -2.11. The molecule has 2 nitrogen and oxygen atoms in total. The third kappa shape index (κ3) is 4.04. The molecule has 0 spiro atoms. The van der Waals surface area contributed by atoms with Crippen molar-refractivity contribution in [3.63, 3.8) is 0 Å². The molecule has 0 aliphatic carbocycles. The van der Waals surface area contributed by atoms with Crippen LogP contribution in [0, 0.1) is 22.1 Å². The maximum Gasteiger partial charge on any atom is 0.194 e. The van der Waals surface area contributed by atoms with Gasteiger partial charge in [-0.15, -0.1) is 0 Å². The van der Waals surface area contributed by atoms with Gasteiger partial charge in [-0.25, -0.2) is 8.78 Å². The third-order valence-corrected chi connectivity index (χ3v) is 4.85. The number of aryl methyl sites for hydroxylation is 1. The molecule has 26 heavy (non-hydrogen) atoms. The molecule has 0 heterocycles. The van der Waals surface area contributed by atoms with Gasteiger partial charge in [0.2, 0.25) is 0 Å². The van der Waals surface area contributed by atoms with Crippen LogP contribution in [0.3, 0.4) is 0 Å². The van der Waals surface area contributed by atoms with Crippen LogP contribution in [-0.2, 0) is 0 Å². The summed E-state index contributed by atoms with van der Waals surface area (Å²) in [6, 6.07) is 13.6. The molecular formula is C20H13ClF2INO. The number of hydrogen-bond acceptors (Lipinski definition) is 2. The Morgan fingerprint density at radius 1 is 1.00 bits per heavy atom. The van der Waals surface area contributed by atoms with Gasteiger partial charge < -0.3 is 5.32 Å². The van der Waals surface area contributed by atoms with Crippen LogP contribution in [0.4, 0.5) is 20.2 Å². The number of carbonyl (C=O) groups excluding carboxylic acids is 1. The van der Waals surface area contributed by atoms with Crippen LogP contribution in [0.5, 0.6) is 0 Å². The number of rotatable bonds is 4. The summed E-state index contributed by atoms with van der Waals surface area (Å²) < 4.78 is 27.7. The molecule has 0 amide bonds. The molecule has 0 atom stereocenters. The Morgan fingerprint density at radius 3 is 2.46 bits per heavy atom. The van der Waals surface area contributed by atoms with Gasteiger partial charge in [0.25, 0.3) is 0 Å². The molecule has 3 aromatic rings. The van der Waals surface area contributed by atoms with Crippen molar-refractivity contribution in [1.82, 2.24) is 0 Å². The fourth-order valence-electron chi connectivity index (χ4n) is 2.51. The molecule has 0 bridgehead atoms. The van der Waals surface area contributed by atoms with Gasteiger partial charge in [0.1, 0.15) is 11.6 Å². The number of anilines is 2. The van der Waals surface area contributed by atoms with Gasteiger partial charge in [-0.3, -0.25) is 4.79 Å². The van der Waals surface area contributed by atoms with E-state index in [1.165, 1.54) is 6.07 Å². The van der Waals surface area contributed by atoms with Crippen LogP contribution in [0.2, 0.25) is 5.02 Å². The van der Waals surface area contributed by atoms with Gasteiger partial charge in [-0.05, 0) is 77.5 Å². The van der Waals surface area contributed by atoms with Crippen molar-refractivity contribution in [2.24, 2.45) is 0 Å². The Morgan fingerprint density at radius 2 is 1.77 bits per heavy atom. The number of nitrogens with one attached hydrogen (secondary N) is 1. The summed E-state index contributed by atoms with van der Waals surface area (Å²) >= 11 is 8.43. The normalized spacial score (nSPS) is 10.7. The molecule has 0 saturated heterocycles. The summed E-state index contributed by atoms with van der Waals surface area (Å²) in [6.45, 7) is 1.87. The molecule has 132 valence electrons. The van der Waals surface area contributed by atoms with Crippen LogP contribution in [0.15, 0.2) is 54.6 Å². The second-order valence-corrected chi connectivity index (χ2v) is 7.38. The molecule has 0 aromatic heterocycles. The van der Waals surface area contributed by atoms with E-state index in [1.807, 2.05) is 25.1 Å². The first kappa shape index (κ1) is 18.8. The van der Waals surface area contributed by atoms with Gasteiger partial charge >= 0.3 is 0 Å². The van der Waals surface area contributed by atoms with E-state index in [1.54, 1.807) is 18.2 Å². The first-order valence-corrected chi connectivity index (χ1v) is 9.13. The zero-order valence-corrected chi connectivity index (χ0v) is 16.5. The Hall–Kier alpha value is -1.99. The first-order chi connectivity index (χ1) is 12.3. The molecule has 0 fully saturated rings. The summed E-state index contributed by atoms with van der Waals surface area (Å²) in [5.41, 5.74) is 2.43. The summed E-state index contributed by atoms with van der Waals surface area (Å²) in [6.07, 6.45) is 0. The standard InChI is InChI=1S/C20H13ClF2INO/c1-11-2-4-13(24)9-16(11)20(26)15-6-5-14(10-17(15)21)25-19-7-3-12(22)8-18(19)23/h2-10,25H,1H3. The van der Waals surface area contributed by atoms with E-state index in [-0.39, 0.29) is 16.5 Å². The Balaban J connectivity index is 1.90. The molecule has 1 N–H and O–H groups in total. The maximum absolute atomic E-state index is 13.8. The van der Waals surface area contributed by atoms with Crippen molar-refractivity contribution in [3.8, 4) is 0 Å². The van der Waals surface area contributed by atoms with E-state index in [0.29, 0.717) is 16.8 Å². The van der Waals surface area contributed by atoms with Crippen LogP contribution in [0.25, 0.3) is 0 Å². The highest BCUT2D eigenvalue weighted by atomic mass is 127. The SMILES string of the molecule is Cc1ccc(I)cc1C(=O)c1ccc(Nc2ccc(F)cc2F)cc1Cl. The molecule has 3 rings (SSSR count). The van der Waals surface area contributed by atoms with Crippen molar-refractivity contribution in [1.29, 1.82) is 0 Å². The summed E-state index contributed by atoms with van der Waals surface area (Å²) in [5, 5.41) is 3.08. The molecule has 3 aromatic carbocycles. The van der Waals surface area contributed by atoms with Crippen LogP contribution >= 0.6 is 34.2 Å². The molecule has 0 unspecified atom stereocenters. The van der Waals surface area contributed by atoms with Gasteiger partial charge in [0.15, 0.2) is 5.78 Å². The Bertz CT molecular complexity index is 1010. The van der Waals surface area contributed by atoms with E-state index in [9.17, 15) is 13.6 Å². The zero-order chi connectivity index (χ0) is 18.8. The quantitative estimate of drug-likeness (QED) is 0.339. The van der Waals surface area contributed by atoms with Crippen molar-refractivity contribution < 1.29 is 13.6 Å². The Labute approximate surface area is 168 Å². The predicted octanol–water partition coefficient (Wildman–Crippen LogP) is 6.51. The molecule has 0 saturated carbocycles. The predicted molar refractivity (Wildman–Crippen MR) is 108 cm³/mol. The monoisotopic (exact) mass is 483 g/mol. The highest BCUT2D eigenvalue weighted by molar-refractivity contribution is 14.1. The fourth-order valence-corrected chi connectivity index (χ4v) is 3.26. The largest absolute Gasteiger partial charge is 0.353 e. The molecular weight excluding hydrogens is 471 g/mol. The van der Waals surface area contributed by atoms with E-state index in [0.717, 1.165) is 21.3 Å². The second-order valence-electron chi connectivity index (χ2n) is 5.73. The first-order valence-electron chi connectivity index (χ1n) is 7.67. The van der Waals surface area contributed by atoms with E-state index >= 15 is 0 Å². The second kappa shape index (κ2) is 7.72. The Kier molecular flexibility index (Phi) is 5.58. The van der Waals surface area contributed by atoms with Crippen molar-refractivity contribution in [2.45, 2.75) is 6.92 Å². The van der Waals surface area contributed by atoms with E-state index < -0.39 is 11.6 Å². The minimum Gasteiger partial charge on any atom is -0.353 e. The minimum absolute atomic E-state index is 0.120. The summed E-state index contributed by atoms with van der Waals surface area (Å²) in [7, 11) is 0. The summed E-state index contributed by atoms with van der Waals surface area (Å²) in [4.78, 5) is 12.8. The lowest BCUT2D eigenvalue weighted by molar-refractivity contribution is 0.103.